The highest BCUT2D eigenvalue weighted by Crippen LogP contribution is 2.45. The maximum absolute atomic E-state index is 12.5. The van der Waals surface area contributed by atoms with E-state index in [1.54, 1.807) is 6.20 Å². The standard InChI is InChI=1S/C13H22N4O2S/c1-2-14-7-11-8-15-16-13(11)20(18,19)17-12(9-3-4-9)10-5-6-10/h8-10,12,14,17H,2-7H2,1H3,(H,15,16). The van der Waals surface area contributed by atoms with E-state index in [-0.39, 0.29) is 11.1 Å². The van der Waals surface area contributed by atoms with Crippen LogP contribution in [0.2, 0.25) is 0 Å². The molecule has 2 aliphatic rings. The number of H-pyrrole nitrogens is 1. The summed E-state index contributed by atoms with van der Waals surface area (Å²) in [4.78, 5) is 0. The lowest BCUT2D eigenvalue weighted by Crippen LogP contribution is -2.38. The van der Waals surface area contributed by atoms with Gasteiger partial charge in [-0.3, -0.25) is 5.10 Å². The number of nitrogens with one attached hydrogen (secondary N) is 3. The summed E-state index contributed by atoms with van der Waals surface area (Å²) >= 11 is 0. The van der Waals surface area contributed by atoms with Crippen molar-refractivity contribution in [2.24, 2.45) is 11.8 Å². The summed E-state index contributed by atoms with van der Waals surface area (Å²) in [5, 5.41) is 9.87. The van der Waals surface area contributed by atoms with Crippen LogP contribution < -0.4 is 10.0 Å². The highest BCUT2D eigenvalue weighted by Gasteiger charge is 2.43. The minimum atomic E-state index is -3.50. The predicted molar refractivity (Wildman–Crippen MR) is 75.5 cm³/mol. The van der Waals surface area contributed by atoms with Crippen LogP contribution in [-0.2, 0) is 16.6 Å². The van der Waals surface area contributed by atoms with Gasteiger partial charge < -0.3 is 5.32 Å². The van der Waals surface area contributed by atoms with Crippen LogP contribution in [0.4, 0.5) is 0 Å². The van der Waals surface area contributed by atoms with Crippen LogP contribution in [0.5, 0.6) is 0 Å². The van der Waals surface area contributed by atoms with Gasteiger partial charge in [-0.1, -0.05) is 6.92 Å². The summed E-state index contributed by atoms with van der Waals surface area (Å²) in [6, 6.07) is 0.121. The zero-order valence-electron chi connectivity index (χ0n) is 11.7. The number of hydrogen-bond donors (Lipinski definition) is 3. The van der Waals surface area contributed by atoms with Gasteiger partial charge in [0.15, 0.2) is 5.03 Å². The molecule has 0 aliphatic heterocycles. The van der Waals surface area contributed by atoms with Gasteiger partial charge in [0.1, 0.15) is 0 Å². The predicted octanol–water partition coefficient (Wildman–Crippen LogP) is 0.986. The summed E-state index contributed by atoms with van der Waals surface area (Å²) in [6.45, 7) is 3.30. The minimum absolute atomic E-state index is 0.121. The number of rotatable bonds is 8. The topological polar surface area (TPSA) is 86.9 Å². The van der Waals surface area contributed by atoms with Gasteiger partial charge in [0.05, 0.1) is 6.20 Å². The third-order valence-electron chi connectivity index (χ3n) is 4.06. The average molecular weight is 298 g/mol. The smallest absolute Gasteiger partial charge is 0.258 e. The van der Waals surface area contributed by atoms with Crippen molar-refractivity contribution in [1.82, 2.24) is 20.2 Å². The quantitative estimate of drug-likeness (QED) is 0.668. The molecule has 0 unspecified atom stereocenters. The lowest BCUT2D eigenvalue weighted by molar-refractivity contribution is 0.469. The van der Waals surface area contributed by atoms with Crippen molar-refractivity contribution in [3.63, 3.8) is 0 Å². The molecule has 7 heteroatoms. The Morgan fingerprint density at radius 1 is 1.35 bits per heavy atom. The summed E-state index contributed by atoms with van der Waals surface area (Å²) in [7, 11) is -3.50. The molecule has 0 amide bonds. The van der Waals surface area contributed by atoms with Crippen LogP contribution in [-0.4, -0.2) is 31.2 Å². The lowest BCUT2D eigenvalue weighted by Gasteiger charge is -2.17. The Hall–Kier alpha value is -0.920. The molecule has 2 saturated carbocycles. The highest BCUT2D eigenvalue weighted by atomic mass is 32.2. The molecule has 0 saturated heterocycles. The van der Waals surface area contributed by atoms with Gasteiger partial charge in [-0.2, -0.15) is 5.10 Å². The van der Waals surface area contributed by atoms with Crippen molar-refractivity contribution >= 4 is 10.0 Å². The van der Waals surface area contributed by atoms with Crippen molar-refractivity contribution in [3.8, 4) is 0 Å². The fraction of sp³-hybridized carbons (Fsp3) is 0.769. The van der Waals surface area contributed by atoms with E-state index in [2.05, 4.69) is 20.2 Å². The van der Waals surface area contributed by atoms with Gasteiger partial charge >= 0.3 is 0 Å². The van der Waals surface area contributed by atoms with E-state index in [9.17, 15) is 8.42 Å². The Balaban J connectivity index is 1.75. The molecule has 3 N–H and O–H groups in total. The van der Waals surface area contributed by atoms with Crippen LogP contribution in [0.15, 0.2) is 11.2 Å². The van der Waals surface area contributed by atoms with Gasteiger partial charge in [0.2, 0.25) is 0 Å². The molecule has 0 radical (unpaired) electrons. The Morgan fingerprint density at radius 2 is 2.00 bits per heavy atom. The molecule has 2 aliphatic carbocycles. The van der Waals surface area contributed by atoms with Crippen molar-refractivity contribution < 1.29 is 8.42 Å². The highest BCUT2D eigenvalue weighted by molar-refractivity contribution is 7.89. The Morgan fingerprint density at radius 3 is 2.55 bits per heavy atom. The summed E-state index contributed by atoms with van der Waals surface area (Å²) < 4.78 is 28.0. The third-order valence-corrected chi connectivity index (χ3v) is 5.54. The molecule has 0 atom stereocenters. The molecule has 3 rings (SSSR count). The van der Waals surface area contributed by atoms with Crippen molar-refractivity contribution in [2.75, 3.05) is 6.54 Å². The molecule has 2 fully saturated rings. The molecule has 1 heterocycles. The average Bonchev–Trinajstić information content (AvgIpc) is 3.32. The molecule has 0 spiro atoms. The molecule has 112 valence electrons. The molecule has 1 aromatic rings. The van der Waals surface area contributed by atoms with Gasteiger partial charge in [0.25, 0.3) is 10.0 Å². The SMILES string of the molecule is CCNCc1cn[nH]c1S(=O)(=O)NC(C1CC1)C1CC1. The fourth-order valence-corrected chi connectivity index (χ4v) is 4.15. The van der Waals surface area contributed by atoms with E-state index in [4.69, 9.17) is 0 Å². The largest absolute Gasteiger partial charge is 0.313 e. The van der Waals surface area contributed by atoms with E-state index in [1.165, 1.54) is 0 Å². The number of sulfonamides is 1. The Labute approximate surface area is 119 Å². The molecule has 0 bridgehead atoms. The van der Waals surface area contributed by atoms with Gasteiger partial charge in [0, 0.05) is 18.2 Å². The molecule has 6 nitrogen and oxygen atoms in total. The number of aromatic amines is 1. The normalized spacial score (nSPS) is 19.7. The van der Waals surface area contributed by atoms with Crippen LogP contribution in [0.1, 0.15) is 38.2 Å². The number of aromatic nitrogens is 2. The summed E-state index contributed by atoms with van der Waals surface area (Å²) in [5.41, 5.74) is 0.699. The fourth-order valence-electron chi connectivity index (χ4n) is 2.64. The van der Waals surface area contributed by atoms with Gasteiger partial charge in [-0.15, -0.1) is 0 Å². The Kier molecular flexibility index (Phi) is 3.83. The van der Waals surface area contributed by atoms with Crippen molar-refractivity contribution in [2.45, 2.75) is 50.2 Å². The molecule has 20 heavy (non-hydrogen) atoms. The molecule has 1 aromatic heterocycles. The number of nitrogens with zero attached hydrogens (tertiary/aromatic N) is 1. The third kappa shape index (κ3) is 3.05. The summed E-state index contributed by atoms with van der Waals surface area (Å²) in [5.74, 6) is 1.08. The zero-order chi connectivity index (χ0) is 14.2. The summed E-state index contributed by atoms with van der Waals surface area (Å²) in [6.07, 6.45) is 6.18. The second-order valence-corrected chi connectivity index (χ2v) is 7.48. The monoisotopic (exact) mass is 298 g/mol. The van der Waals surface area contributed by atoms with E-state index in [0.29, 0.717) is 23.9 Å². The van der Waals surface area contributed by atoms with Gasteiger partial charge in [-0.05, 0) is 44.1 Å². The molecule has 0 aromatic carbocycles. The Bertz CT molecular complexity index is 549. The van der Waals surface area contributed by atoms with E-state index < -0.39 is 10.0 Å². The van der Waals surface area contributed by atoms with E-state index in [0.717, 1.165) is 32.2 Å². The van der Waals surface area contributed by atoms with Crippen LogP contribution in [0.25, 0.3) is 0 Å². The number of hydrogen-bond acceptors (Lipinski definition) is 4. The maximum atomic E-state index is 12.5. The lowest BCUT2D eigenvalue weighted by atomic mass is 10.1. The minimum Gasteiger partial charge on any atom is -0.313 e. The molecular formula is C13H22N4O2S. The van der Waals surface area contributed by atoms with E-state index >= 15 is 0 Å². The van der Waals surface area contributed by atoms with E-state index in [1.807, 2.05) is 6.92 Å². The van der Waals surface area contributed by atoms with Crippen molar-refractivity contribution in [3.05, 3.63) is 11.8 Å². The van der Waals surface area contributed by atoms with Gasteiger partial charge in [-0.25, -0.2) is 13.1 Å². The second-order valence-electron chi connectivity index (χ2n) is 5.83. The first-order valence-corrected chi connectivity index (χ1v) is 8.85. The first kappa shape index (κ1) is 14.0. The molecular weight excluding hydrogens is 276 g/mol. The van der Waals surface area contributed by atoms with Crippen molar-refractivity contribution in [1.29, 1.82) is 0 Å². The van der Waals surface area contributed by atoms with Crippen LogP contribution >= 0.6 is 0 Å². The first-order valence-electron chi connectivity index (χ1n) is 7.37. The first-order chi connectivity index (χ1) is 9.62. The zero-order valence-corrected chi connectivity index (χ0v) is 12.5. The van der Waals surface area contributed by atoms with Crippen LogP contribution in [0.3, 0.4) is 0 Å². The maximum Gasteiger partial charge on any atom is 0.258 e. The second kappa shape index (κ2) is 5.46. The van der Waals surface area contributed by atoms with Crippen LogP contribution in [0, 0.1) is 11.8 Å².